The summed E-state index contributed by atoms with van der Waals surface area (Å²) >= 11 is 0. The molecule has 0 aromatic carbocycles. The number of hydrogen-bond donors (Lipinski definition) is 0. The molecule has 0 aliphatic rings. The molecule has 0 aliphatic carbocycles. The van der Waals surface area contributed by atoms with Gasteiger partial charge in [-0.15, -0.1) is 0 Å². The van der Waals surface area contributed by atoms with E-state index in [4.69, 9.17) is 9.47 Å². The number of aromatic nitrogens is 3. The van der Waals surface area contributed by atoms with Crippen LogP contribution < -0.4 is 4.74 Å². The Hall–Kier alpha value is -3.29. The van der Waals surface area contributed by atoms with Gasteiger partial charge >= 0.3 is 5.97 Å². The first-order valence-corrected chi connectivity index (χ1v) is 8.03. The van der Waals surface area contributed by atoms with Gasteiger partial charge in [0, 0.05) is 30.6 Å². The fourth-order valence-electron chi connectivity index (χ4n) is 2.60. The van der Waals surface area contributed by atoms with E-state index in [0.29, 0.717) is 28.2 Å². The Balaban J connectivity index is 1.95. The van der Waals surface area contributed by atoms with Crippen LogP contribution in [0.2, 0.25) is 0 Å². The molecule has 3 aromatic rings. The van der Waals surface area contributed by atoms with Gasteiger partial charge in [0.1, 0.15) is 23.9 Å². The van der Waals surface area contributed by atoms with E-state index in [9.17, 15) is 13.6 Å². The maximum Gasteiger partial charge on any atom is 0.339 e. The second-order valence-electron chi connectivity index (χ2n) is 5.90. The number of carbonyl (C=O) groups is 1. The number of nitrogens with zero attached hydrogens (tertiary/aromatic N) is 3. The average molecular weight is 373 g/mol. The number of aryl methyl sites for hydroxylation is 2. The highest BCUT2D eigenvalue weighted by atomic mass is 19.1. The van der Waals surface area contributed by atoms with E-state index in [1.807, 2.05) is 0 Å². The smallest absolute Gasteiger partial charge is 0.339 e. The van der Waals surface area contributed by atoms with Gasteiger partial charge in [0.25, 0.3) is 0 Å². The minimum absolute atomic E-state index is 0.0109. The molecule has 3 aromatic heterocycles. The van der Waals surface area contributed by atoms with Crippen LogP contribution in [0, 0.1) is 18.6 Å². The first-order valence-electron chi connectivity index (χ1n) is 8.03. The third-order valence-electron chi connectivity index (χ3n) is 4.03. The van der Waals surface area contributed by atoms with Gasteiger partial charge in [-0.25, -0.2) is 18.6 Å². The Morgan fingerprint density at radius 2 is 1.85 bits per heavy atom. The summed E-state index contributed by atoms with van der Waals surface area (Å²) in [6.07, 6.45) is 3.75. The second kappa shape index (κ2) is 7.53. The molecule has 0 saturated carbocycles. The number of carbonyl (C=O) groups excluding carboxylic acids is 1. The maximum absolute atomic E-state index is 13.7. The fraction of sp³-hybridized carbons (Fsp3) is 0.211. The van der Waals surface area contributed by atoms with Crippen molar-refractivity contribution in [2.24, 2.45) is 7.05 Å². The van der Waals surface area contributed by atoms with Gasteiger partial charge in [-0.1, -0.05) is 0 Å². The molecule has 0 saturated heterocycles. The highest BCUT2D eigenvalue weighted by molar-refractivity contribution is 5.91. The Morgan fingerprint density at radius 3 is 2.59 bits per heavy atom. The molecule has 27 heavy (non-hydrogen) atoms. The van der Waals surface area contributed by atoms with E-state index < -0.39 is 17.6 Å². The second-order valence-corrected chi connectivity index (χ2v) is 5.90. The Bertz CT molecular complexity index is 1000. The minimum Gasteiger partial charge on any atom is -0.486 e. The van der Waals surface area contributed by atoms with E-state index >= 15 is 0 Å². The van der Waals surface area contributed by atoms with Crippen LogP contribution in [-0.2, 0) is 18.4 Å². The standard InChI is InChI=1S/C19H17F2N3O3/c1-11-13(4-14(20)7-22-11)10-27-17-6-15(21)8-23-18(17)16-5-12(9-24(16)2)19(25)26-3/h4-9H,10H2,1-3H3. The molecule has 0 atom stereocenters. The van der Waals surface area contributed by atoms with Crippen molar-refractivity contribution in [2.75, 3.05) is 7.11 Å². The summed E-state index contributed by atoms with van der Waals surface area (Å²) in [6.45, 7) is 1.71. The summed E-state index contributed by atoms with van der Waals surface area (Å²) in [5.74, 6) is -1.40. The SMILES string of the molecule is COC(=O)c1cc(-c2ncc(F)cc2OCc2cc(F)cnc2C)n(C)c1. The normalized spacial score (nSPS) is 10.7. The van der Waals surface area contributed by atoms with Crippen LogP contribution in [0.3, 0.4) is 0 Å². The topological polar surface area (TPSA) is 66.2 Å². The van der Waals surface area contributed by atoms with Crippen LogP contribution in [-0.4, -0.2) is 27.6 Å². The summed E-state index contributed by atoms with van der Waals surface area (Å²) in [5.41, 5.74) is 2.36. The van der Waals surface area contributed by atoms with Gasteiger partial charge in [-0.2, -0.15) is 0 Å². The van der Waals surface area contributed by atoms with Crippen LogP contribution in [0.15, 0.2) is 36.8 Å². The lowest BCUT2D eigenvalue weighted by molar-refractivity contribution is 0.0600. The van der Waals surface area contributed by atoms with Gasteiger partial charge < -0.3 is 14.0 Å². The van der Waals surface area contributed by atoms with Gasteiger partial charge in [0.2, 0.25) is 0 Å². The van der Waals surface area contributed by atoms with Crippen molar-refractivity contribution in [3.8, 4) is 17.1 Å². The highest BCUT2D eigenvalue weighted by Gasteiger charge is 2.18. The van der Waals surface area contributed by atoms with Crippen LogP contribution in [0.1, 0.15) is 21.6 Å². The molecule has 0 N–H and O–H groups in total. The fourth-order valence-corrected chi connectivity index (χ4v) is 2.60. The third-order valence-corrected chi connectivity index (χ3v) is 4.03. The van der Waals surface area contributed by atoms with Gasteiger partial charge in [0.15, 0.2) is 5.75 Å². The first-order chi connectivity index (χ1) is 12.9. The number of hydrogen-bond acceptors (Lipinski definition) is 5. The monoisotopic (exact) mass is 373 g/mol. The summed E-state index contributed by atoms with van der Waals surface area (Å²) in [6, 6.07) is 4.08. The number of rotatable bonds is 5. The molecule has 3 heterocycles. The summed E-state index contributed by atoms with van der Waals surface area (Å²) in [5, 5.41) is 0. The van der Waals surface area contributed by atoms with Crippen LogP contribution in [0.4, 0.5) is 8.78 Å². The van der Waals surface area contributed by atoms with E-state index in [1.165, 1.54) is 19.2 Å². The molecule has 0 aliphatic heterocycles. The summed E-state index contributed by atoms with van der Waals surface area (Å²) in [7, 11) is 3.01. The average Bonchev–Trinajstić information content (AvgIpc) is 3.03. The largest absolute Gasteiger partial charge is 0.486 e. The number of methoxy groups -OCH3 is 1. The number of ether oxygens (including phenoxy) is 2. The molecular formula is C19H17F2N3O3. The summed E-state index contributed by atoms with van der Waals surface area (Å²) < 4.78 is 39.2. The lowest BCUT2D eigenvalue weighted by Crippen LogP contribution is -2.03. The van der Waals surface area contributed by atoms with Gasteiger partial charge in [-0.05, 0) is 19.1 Å². The minimum atomic E-state index is -0.578. The molecule has 0 radical (unpaired) electrons. The van der Waals surface area contributed by atoms with E-state index in [1.54, 1.807) is 30.8 Å². The van der Waals surface area contributed by atoms with Crippen molar-refractivity contribution in [1.82, 2.24) is 14.5 Å². The Morgan fingerprint density at radius 1 is 1.15 bits per heavy atom. The van der Waals surface area contributed by atoms with Crippen molar-refractivity contribution in [3.63, 3.8) is 0 Å². The molecule has 0 spiro atoms. The zero-order valence-corrected chi connectivity index (χ0v) is 15.0. The molecule has 0 fully saturated rings. The molecular weight excluding hydrogens is 356 g/mol. The van der Waals surface area contributed by atoms with Crippen molar-refractivity contribution in [3.05, 3.63) is 65.2 Å². The highest BCUT2D eigenvalue weighted by Crippen LogP contribution is 2.30. The summed E-state index contributed by atoms with van der Waals surface area (Å²) in [4.78, 5) is 19.8. The van der Waals surface area contributed by atoms with Crippen molar-refractivity contribution in [1.29, 1.82) is 0 Å². The zero-order chi connectivity index (χ0) is 19.6. The first kappa shape index (κ1) is 18.5. The molecule has 8 heteroatoms. The van der Waals surface area contributed by atoms with Crippen molar-refractivity contribution < 1.29 is 23.0 Å². The molecule has 0 unspecified atom stereocenters. The van der Waals surface area contributed by atoms with Crippen LogP contribution >= 0.6 is 0 Å². The zero-order valence-electron chi connectivity index (χ0n) is 15.0. The lowest BCUT2D eigenvalue weighted by atomic mass is 10.2. The lowest BCUT2D eigenvalue weighted by Gasteiger charge is -2.12. The quantitative estimate of drug-likeness (QED) is 0.641. The number of halogens is 2. The van der Waals surface area contributed by atoms with Crippen LogP contribution in [0.25, 0.3) is 11.4 Å². The Kier molecular flexibility index (Phi) is 5.16. The van der Waals surface area contributed by atoms with Crippen molar-refractivity contribution >= 4 is 5.97 Å². The van der Waals surface area contributed by atoms with Crippen LogP contribution in [0.5, 0.6) is 5.75 Å². The number of esters is 1. The Labute approximate surface area is 154 Å². The van der Waals surface area contributed by atoms with E-state index in [-0.39, 0.29) is 12.4 Å². The van der Waals surface area contributed by atoms with Crippen molar-refractivity contribution in [2.45, 2.75) is 13.5 Å². The van der Waals surface area contributed by atoms with E-state index in [2.05, 4.69) is 9.97 Å². The van der Waals surface area contributed by atoms with Gasteiger partial charge in [-0.3, -0.25) is 4.98 Å². The molecule has 140 valence electrons. The maximum atomic E-state index is 13.7. The van der Waals surface area contributed by atoms with Gasteiger partial charge in [0.05, 0.1) is 30.8 Å². The predicted molar refractivity (Wildman–Crippen MR) is 93.2 cm³/mol. The van der Waals surface area contributed by atoms with E-state index in [0.717, 1.165) is 12.4 Å². The predicted octanol–water partition coefficient (Wildman–Crippen LogP) is 3.43. The third kappa shape index (κ3) is 3.94. The molecule has 0 amide bonds. The molecule has 0 bridgehead atoms. The number of pyridine rings is 2. The molecule has 3 rings (SSSR count). The molecule has 6 nitrogen and oxygen atoms in total.